The van der Waals surface area contributed by atoms with E-state index in [9.17, 15) is 13.6 Å². The first kappa shape index (κ1) is 12.3. The fourth-order valence-corrected chi connectivity index (χ4v) is 1.69. The Morgan fingerprint density at radius 2 is 2.33 bits per heavy atom. The van der Waals surface area contributed by atoms with Gasteiger partial charge < -0.3 is 10.1 Å². The zero-order chi connectivity index (χ0) is 13.2. The Labute approximate surface area is 102 Å². The average Bonchev–Trinajstić information content (AvgIpc) is 2.61. The molecule has 1 aromatic carbocycles. The molecule has 1 atom stereocenters. The van der Waals surface area contributed by atoms with Gasteiger partial charge in [0.25, 0.3) is 0 Å². The molecule has 18 heavy (non-hydrogen) atoms. The lowest BCUT2D eigenvalue weighted by Crippen LogP contribution is -2.22. The molecule has 1 aliphatic rings. The van der Waals surface area contributed by atoms with E-state index in [1.54, 1.807) is 24.3 Å². The van der Waals surface area contributed by atoms with Crippen molar-refractivity contribution in [2.75, 3.05) is 11.9 Å². The van der Waals surface area contributed by atoms with Crippen LogP contribution in [0, 0.1) is 11.3 Å². The van der Waals surface area contributed by atoms with Gasteiger partial charge in [0.2, 0.25) is 0 Å². The van der Waals surface area contributed by atoms with Crippen molar-refractivity contribution in [2.45, 2.75) is 18.4 Å². The predicted molar refractivity (Wildman–Crippen MR) is 59.1 cm³/mol. The van der Waals surface area contributed by atoms with Crippen molar-refractivity contribution in [3.8, 4) is 6.07 Å². The van der Waals surface area contributed by atoms with E-state index in [2.05, 4.69) is 10.1 Å². The zero-order valence-corrected chi connectivity index (χ0v) is 9.32. The topological polar surface area (TPSA) is 62.1 Å². The molecule has 94 valence electrons. The van der Waals surface area contributed by atoms with Crippen LogP contribution >= 0.6 is 0 Å². The first-order valence-corrected chi connectivity index (χ1v) is 5.34. The number of ether oxygens (including phenoxy) is 1. The van der Waals surface area contributed by atoms with Crippen LogP contribution in [-0.4, -0.2) is 24.5 Å². The van der Waals surface area contributed by atoms with E-state index >= 15 is 0 Å². The van der Waals surface area contributed by atoms with Crippen LogP contribution in [0.3, 0.4) is 0 Å². The van der Waals surface area contributed by atoms with Crippen molar-refractivity contribution in [2.24, 2.45) is 0 Å². The summed E-state index contributed by atoms with van der Waals surface area (Å²) >= 11 is 0. The molecule has 0 amide bonds. The number of halogens is 2. The van der Waals surface area contributed by atoms with Gasteiger partial charge in [-0.1, -0.05) is 6.07 Å². The Bertz CT molecular complexity index is 511. The molecule has 0 radical (unpaired) electrons. The van der Waals surface area contributed by atoms with Gasteiger partial charge >= 0.3 is 11.9 Å². The third-order valence-corrected chi connectivity index (χ3v) is 2.58. The summed E-state index contributed by atoms with van der Waals surface area (Å²) in [5.74, 6) is -4.86. The fourth-order valence-electron chi connectivity index (χ4n) is 1.69. The summed E-state index contributed by atoms with van der Waals surface area (Å²) in [4.78, 5) is 10.8. The Balaban J connectivity index is 1.93. The number of esters is 1. The highest BCUT2D eigenvalue weighted by molar-refractivity contribution is 5.79. The summed E-state index contributed by atoms with van der Waals surface area (Å²) in [5.41, 5.74) is 1.09. The highest BCUT2D eigenvalue weighted by atomic mass is 19.3. The number of carbonyl (C=O) groups is 1. The number of nitrogens with zero attached hydrogens (tertiary/aromatic N) is 1. The summed E-state index contributed by atoms with van der Waals surface area (Å²) in [6, 6.07) is 8.58. The van der Waals surface area contributed by atoms with E-state index in [4.69, 9.17) is 5.26 Å². The molecule has 4 nitrogen and oxygen atoms in total. The van der Waals surface area contributed by atoms with Crippen LogP contribution in [0.2, 0.25) is 0 Å². The van der Waals surface area contributed by atoms with Gasteiger partial charge in [-0.3, -0.25) is 0 Å². The van der Waals surface area contributed by atoms with Crippen molar-refractivity contribution < 1.29 is 18.3 Å². The van der Waals surface area contributed by atoms with E-state index in [0.717, 1.165) is 0 Å². The molecule has 0 spiro atoms. The first-order valence-electron chi connectivity index (χ1n) is 5.34. The number of anilines is 1. The number of cyclic esters (lactones) is 1. The van der Waals surface area contributed by atoms with E-state index in [0.29, 0.717) is 11.3 Å². The Kier molecular flexibility index (Phi) is 3.15. The molecule has 0 saturated carbocycles. The standard InChI is InChI=1S/C12H10F2N2O2/c13-12(14)5-10(18-11(12)17)7-16-9-3-1-2-8(4-9)6-15/h1-4,10,16H,5,7H2. The lowest BCUT2D eigenvalue weighted by atomic mass is 10.2. The van der Waals surface area contributed by atoms with Crippen LogP contribution in [-0.2, 0) is 9.53 Å². The molecule has 0 aliphatic carbocycles. The van der Waals surface area contributed by atoms with Gasteiger partial charge in [-0.2, -0.15) is 14.0 Å². The molecular weight excluding hydrogens is 242 g/mol. The van der Waals surface area contributed by atoms with Crippen LogP contribution in [0.4, 0.5) is 14.5 Å². The summed E-state index contributed by atoms with van der Waals surface area (Å²) in [7, 11) is 0. The maximum absolute atomic E-state index is 12.9. The van der Waals surface area contributed by atoms with Gasteiger partial charge in [-0.25, -0.2) is 4.79 Å². The highest BCUT2D eigenvalue weighted by Gasteiger charge is 2.50. The molecule has 1 unspecified atom stereocenters. The summed E-state index contributed by atoms with van der Waals surface area (Å²) in [6.07, 6.45) is -1.46. The minimum absolute atomic E-state index is 0.0935. The maximum Gasteiger partial charge on any atom is 0.377 e. The van der Waals surface area contributed by atoms with Gasteiger partial charge in [-0.05, 0) is 18.2 Å². The molecule has 1 heterocycles. The Hall–Kier alpha value is -2.16. The van der Waals surface area contributed by atoms with Gasteiger partial charge in [-0.15, -0.1) is 0 Å². The van der Waals surface area contributed by atoms with E-state index in [1.165, 1.54) is 0 Å². The van der Waals surface area contributed by atoms with Crippen LogP contribution in [0.25, 0.3) is 0 Å². The van der Waals surface area contributed by atoms with Crippen molar-refractivity contribution in [1.82, 2.24) is 0 Å². The highest BCUT2D eigenvalue weighted by Crippen LogP contribution is 2.30. The van der Waals surface area contributed by atoms with Crippen molar-refractivity contribution in [1.29, 1.82) is 5.26 Å². The van der Waals surface area contributed by atoms with Crippen molar-refractivity contribution >= 4 is 11.7 Å². The quantitative estimate of drug-likeness (QED) is 0.835. The normalized spacial score (nSPS) is 21.2. The largest absolute Gasteiger partial charge is 0.456 e. The molecule has 1 aromatic rings. The minimum Gasteiger partial charge on any atom is -0.456 e. The third kappa shape index (κ3) is 2.56. The number of nitrogens with one attached hydrogen (secondary N) is 1. The number of benzene rings is 1. The Morgan fingerprint density at radius 1 is 1.56 bits per heavy atom. The SMILES string of the molecule is N#Cc1cccc(NCC2CC(F)(F)C(=O)O2)c1. The predicted octanol–water partition coefficient (Wildman–Crippen LogP) is 1.92. The van der Waals surface area contributed by atoms with Crippen molar-refractivity contribution in [3.63, 3.8) is 0 Å². The number of hydrogen-bond acceptors (Lipinski definition) is 4. The number of nitriles is 1. The monoisotopic (exact) mass is 252 g/mol. The lowest BCUT2D eigenvalue weighted by Gasteiger charge is -2.11. The van der Waals surface area contributed by atoms with Crippen LogP contribution in [0.5, 0.6) is 0 Å². The molecule has 2 rings (SSSR count). The molecule has 1 saturated heterocycles. The van der Waals surface area contributed by atoms with Crippen LogP contribution < -0.4 is 5.32 Å². The molecule has 1 aliphatic heterocycles. The van der Waals surface area contributed by atoms with Crippen LogP contribution in [0.1, 0.15) is 12.0 Å². The van der Waals surface area contributed by atoms with Crippen LogP contribution in [0.15, 0.2) is 24.3 Å². The molecule has 6 heteroatoms. The fraction of sp³-hybridized carbons (Fsp3) is 0.333. The molecule has 1 N–H and O–H groups in total. The smallest absolute Gasteiger partial charge is 0.377 e. The maximum atomic E-state index is 12.9. The van der Waals surface area contributed by atoms with Gasteiger partial charge in [0.05, 0.1) is 24.6 Å². The summed E-state index contributed by atoms with van der Waals surface area (Å²) < 4.78 is 30.3. The second-order valence-corrected chi connectivity index (χ2v) is 4.01. The third-order valence-electron chi connectivity index (χ3n) is 2.58. The zero-order valence-electron chi connectivity index (χ0n) is 9.32. The summed E-state index contributed by atoms with van der Waals surface area (Å²) in [5, 5.41) is 11.6. The molecule has 0 aromatic heterocycles. The van der Waals surface area contributed by atoms with E-state index < -0.39 is 24.4 Å². The number of hydrogen-bond donors (Lipinski definition) is 1. The number of rotatable bonds is 3. The Morgan fingerprint density at radius 3 is 2.94 bits per heavy atom. The molecule has 1 fully saturated rings. The number of carbonyl (C=O) groups excluding carboxylic acids is 1. The minimum atomic E-state index is -3.39. The number of alkyl halides is 2. The lowest BCUT2D eigenvalue weighted by molar-refractivity contribution is -0.158. The van der Waals surface area contributed by atoms with Crippen molar-refractivity contribution in [3.05, 3.63) is 29.8 Å². The second-order valence-electron chi connectivity index (χ2n) is 4.01. The first-order chi connectivity index (χ1) is 8.51. The van der Waals surface area contributed by atoms with E-state index in [-0.39, 0.29) is 6.54 Å². The van der Waals surface area contributed by atoms with Gasteiger partial charge in [0, 0.05) is 5.69 Å². The van der Waals surface area contributed by atoms with E-state index in [1.807, 2.05) is 6.07 Å². The molecular formula is C12H10F2N2O2. The average molecular weight is 252 g/mol. The summed E-state index contributed by atoms with van der Waals surface area (Å²) in [6.45, 7) is 0.0935. The van der Waals surface area contributed by atoms with Gasteiger partial charge in [0.15, 0.2) is 0 Å². The van der Waals surface area contributed by atoms with Gasteiger partial charge in [0.1, 0.15) is 6.10 Å². The molecule has 0 bridgehead atoms. The second kappa shape index (κ2) is 4.61.